The molecule has 0 heterocycles. The predicted octanol–water partition coefficient (Wildman–Crippen LogP) is 3.16. The van der Waals surface area contributed by atoms with Gasteiger partial charge in [-0.25, -0.2) is 0 Å². The van der Waals surface area contributed by atoms with E-state index in [1.807, 2.05) is 18.2 Å². The van der Waals surface area contributed by atoms with Gasteiger partial charge in [0.05, 0.1) is 5.92 Å². The first-order valence-electron chi connectivity index (χ1n) is 8.28. The number of rotatable bonds is 6. The lowest BCUT2D eigenvalue weighted by Gasteiger charge is -2.34. The molecule has 1 fully saturated rings. The first-order chi connectivity index (χ1) is 10.2. The molecule has 2 rings (SSSR count). The highest BCUT2D eigenvalue weighted by atomic mass is 16.2. The molecule has 3 nitrogen and oxygen atoms in total. The Morgan fingerprint density at radius 2 is 2.00 bits per heavy atom. The van der Waals surface area contributed by atoms with E-state index in [0.717, 1.165) is 31.4 Å². The van der Waals surface area contributed by atoms with Crippen molar-refractivity contribution in [3.8, 4) is 0 Å². The van der Waals surface area contributed by atoms with Gasteiger partial charge in [-0.05, 0) is 44.2 Å². The second-order valence-corrected chi connectivity index (χ2v) is 5.99. The molecule has 0 aliphatic heterocycles. The van der Waals surface area contributed by atoms with Crippen LogP contribution in [0.3, 0.4) is 0 Å². The molecule has 1 amide bonds. The highest BCUT2D eigenvalue weighted by Crippen LogP contribution is 2.32. The van der Waals surface area contributed by atoms with Gasteiger partial charge in [-0.1, -0.05) is 43.7 Å². The normalized spacial score (nSPS) is 23.0. The minimum Gasteiger partial charge on any atom is -0.339 e. The Labute approximate surface area is 128 Å². The third-order valence-electron chi connectivity index (χ3n) is 4.85. The number of benzene rings is 1. The van der Waals surface area contributed by atoms with Gasteiger partial charge in [0.2, 0.25) is 5.91 Å². The summed E-state index contributed by atoms with van der Waals surface area (Å²) in [5.41, 5.74) is 7.03. The van der Waals surface area contributed by atoms with Crippen LogP contribution in [0.5, 0.6) is 0 Å². The molecule has 1 aliphatic rings. The molecule has 0 spiro atoms. The SMILES string of the molecule is CCC(C(=O)N(CC)C1CCCC1CN)c1ccccc1. The molecule has 2 N–H and O–H groups in total. The molecule has 0 bridgehead atoms. The van der Waals surface area contributed by atoms with Gasteiger partial charge in [-0.3, -0.25) is 4.79 Å². The molecule has 21 heavy (non-hydrogen) atoms. The van der Waals surface area contributed by atoms with Gasteiger partial charge in [-0.15, -0.1) is 0 Å². The Morgan fingerprint density at radius 3 is 2.57 bits per heavy atom. The Hall–Kier alpha value is -1.35. The number of amides is 1. The van der Waals surface area contributed by atoms with E-state index >= 15 is 0 Å². The van der Waals surface area contributed by atoms with Crippen molar-refractivity contribution in [3.05, 3.63) is 35.9 Å². The van der Waals surface area contributed by atoms with E-state index in [1.54, 1.807) is 0 Å². The topological polar surface area (TPSA) is 46.3 Å². The zero-order valence-electron chi connectivity index (χ0n) is 13.3. The summed E-state index contributed by atoms with van der Waals surface area (Å²) in [6.07, 6.45) is 4.30. The van der Waals surface area contributed by atoms with Gasteiger partial charge in [0.1, 0.15) is 0 Å². The third kappa shape index (κ3) is 3.46. The first kappa shape index (κ1) is 16.0. The highest BCUT2D eigenvalue weighted by molar-refractivity contribution is 5.84. The van der Waals surface area contributed by atoms with Crippen molar-refractivity contribution in [2.75, 3.05) is 13.1 Å². The van der Waals surface area contributed by atoms with Gasteiger partial charge >= 0.3 is 0 Å². The average Bonchev–Trinajstić information content (AvgIpc) is 2.98. The molecule has 0 aromatic heterocycles. The number of carbonyl (C=O) groups is 1. The molecule has 0 radical (unpaired) electrons. The lowest BCUT2D eigenvalue weighted by atomic mass is 9.93. The van der Waals surface area contributed by atoms with E-state index in [0.29, 0.717) is 18.5 Å². The van der Waals surface area contributed by atoms with Gasteiger partial charge < -0.3 is 10.6 Å². The van der Waals surface area contributed by atoms with Crippen LogP contribution < -0.4 is 5.73 Å². The number of hydrogen-bond acceptors (Lipinski definition) is 2. The van der Waals surface area contributed by atoms with Crippen molar-refractivity contribution in [1.82, 2.24) is 4.90 Å². The van der Waals surface area contributed by atoms with Gasteiger partial charge in [0.25, 0.3) is 0 Å². The zero-order valence-corrected chi connectivity index (χ0v) is 13.3. The summed E-state index contributed by atoms with van der Waals surface area (Å²) in [4.78, 5) is 15.1. The molecule has 1 saturated carbocycles. The average molecular weight is 288 g/mol. The molecule has 3 atom stereocenters. The monoisotopic (exact) mass is 288 g/mol. The van der Waals surface area contributed by atoms with Crippen molar-refractivity contribution in [2.45, 2.75) is 51.5 Å². The number of nitrogens with two attached hydrogens (primary N) is 1. The van der Waals surface area contributed by atoms with E-state index in [9.17, 15) is 4.79 Å². The molecule has 3 unspecified atom stereocenters. The molecule has 1 aliphatic carbocycles. The van der Waals surface area contributed by atoms with Crippen molar-refractivity contribution in [1.29, 1.82) is 0 Å². The summed E-state index contributed by atoms with van der Waals surface area (Å²) in [7, 11) is 0. The van der Waals surface area contributed by atoms with Crippen LogP contribution >= 0.6 is 0 Å². The fraction of sp³-hybridized carbons (Fsp3) is 0.611. The van der Waals surface area contributed by atoms with E-state index in [1.165, 1.54) is 6.42 Å². The van der Waals surface area contributed by atoms with Crippen LogP contribution in [0.2, 0.25) is 0 Å². The largest absolute Gasteiger partial charge is 0.339 e. The molecule has 3 heteroatoms. The van der Waals surface area contributed by atoms with E-state index in [2.05, 4.69) is 30.9 Å². The zero-order chi connectivity index (χ0) is 15.2. The van der Waals surface area contributed by atoms with Crippen molar-refractivity contribution >= 4 is 5.91 Å². The molecule has 116 valence electrons. The highest BCUT2D eigenvalue weighted by Gasteiger charge is 2.35. The van der Waals surface area contributed by atoms with Crippen LogP contribution in [0, 0.1) is 5.92 Å². The quantitative estimate of drug-likeness (QED) is 0.874. The van der Waals surface area contributed by atoms with Crippen LogP contribution in [-0.2, 0) is 4.79 Å². The fourth-order valence-electron chi connectivity index (χ4n) is 3.69. The number of hydrogen-bond donors (Lipinski definition) is 1. The third-order valence-corrected chi connectivity index (χ3v) is 4.85. The Morgan fingerprint density at radius 1 is 1.29 bits per heavy atom. The first-order valence-corrected chi connectivity index (χ1v) is 8.28. The maximum atomic E-state index is 13.0. The van der Waals surface area contributed by atoms with Gasteiger partial charge in [0, 0.05) is 12.6 Å². The number of nitrogens with zero attached hydrogens (tertiary/aromatic N) is 1. The van der Waals surface area contributed by atoms with Crippen molar-refractivity contribution < 1.29 is 4.79 Å². The molecular weight excluding hydrogens is 260 g/mol. The summed E-state index contributed by atoms with van der Waals surface area (Å²) in [5.74, 6) is 0.726. The second-order valence-electron chi connectivity index (χ2n) is 5.99. The molecule has 1 aromatic carbocycles. The van der Waals surface area contributed by atoms with Crippen LogP contribution in [0.1, 0.15) is 51.0 Å². The molecule has 1 aromatic rings. The van der Waals surface area contributed by atoms with E-state index in [-0.39, 0.29) is 11.8 Å². The minimum absolute atomic E-state index is 0.0230. The van der Waals surface area contributed by atoms with Crippen LogP contribution in [0.4, 0.5) is 0 Å². The minimum atomic E-state index is -0.0230. The molecular formula is C18H28N2O. The van der Waals surface area contributed by atoms with E-state index < -0.39 is 0 Å². The summed E-state index contributed by atoms with van der Waals surface area (Å²) in [6, 6.07) is 10.5. The Balaban J connectivity index is 2.18. The van der Waals surface area contributed by atoms with Gasteiger partial charge in [0.15, 0.2) is 0 Å². The van der Waals surface area contributed by atoms with Crippen LogP contribution in [0.25, 0.3) is 0 Å². The summed E-state index contributed by atoms with van der Waals surface area (Å²) < 4.78 is 0. The maximum Gasteiger partial charge on any atom is 0.230 e. The number of carbonyl (C=O) groups excluding carboxylic acids is 1. The van der Waals surface area contributed by atoms with Crippen molar-refractivity contribution in [2.24, 2.45) is 11.7 Å². The fourth-order valence-corrected chi connectivity index (χ4v) is 3.69. The smallest absolute Gasteiger partial charge is 0.230 e. The second kappa shape index (κ2) is 7.60. The summed E-state index contributed by atoms with van der Waals surface area (Å²) in [5, 5.41) is 0. The number of likely N-dealkylation sites (N-methyl/N-ethyl adjacent to an activating group) is 1. The van der Waals surface area contributed by atoms with Crippen LogP contribution in [0.15, 0.2) is 30.3 Å². The Bertz CT molecular complexity index is 446. The standard InChI is InChI=1S/C18H28N2O/c1-3-16(14-9-6-5-7-10-14)18(21)20(4-2)17-12-8-11-15(17)13-19/h5-7,9-10,15-17H,3-4,8,11-13,19H2,1-2H3. The Kier molecular flexibility index (Phi) is 5.80. The van der Waals surface area contributed by atoms with E-state index in [4.69, 9.17) is 5.73 Å². The van der Waals surface area contributed by atoms with Gasteiger partial charge in [-0.2, -0.15) is 0 Å². The summed E-state index contributed by atoms with van der Waals surface area (Å²) in [6.45, 7) is 5.65. The summed E-state index contributed by atoms with van der Waals surface area (Å²) >= 11 is 0. The lowest BCUT2D eigenvalue weighted by molar-refractivity contribution is -0.135. The maximum absolute atomic E-state index is 13.0. The lowest BCUT2D eigenvalue weighted by Crippen LogP contribution is -2.46. The van der Waals surface area contributed by atoms with Crippen LogP contribution in [-0.4, -0.2) is 29.9 Å². The predicted molar refractivity (Wildman–Crippen MR) is 87.0 cm³/mol. The van der Waals surface area contributed by atoms with Crippen molar-refractivity contribution in [3.63, 3.8) is 0 Å². The molecule has 0 saturated heterocycles.